The highest BCUT2D eigenvalue weighted by Gasteiger charge is 2.71. The van der Waals surface area contributed by atoms with Crippen LogP contribution >= 0.6 is 34.8 Å². The molecule has 288 valence electrons. The first-order chi connectivity index (χ1) is 26.6. The molecule has 4 aliphatic rings. The van der Waals surface area contributed by atoms with Crippen molar-refractivity contribution in [3.8, 4) is 11.5 Å². The van der Waals surface area contributed by atoms with E-state index in [2.05, 4.69) is 10.4 Å². The molecule has 2 aliphatic heterocycles. The molecular formula is C40H30Cl3F3N4O6. The number of carbonyl (C=O) groups is 4. The second kappa shape index (κ2) is 13.5. The molecule has 3 heterocycles. The summed E-state index contributed by atoms with van der Waals surface area (Å²) in [6.07, 6.45) is -2.34. The minimum Gasteiger partial charge on any atom is -0.508 e. The van der Waals surface area contributed by atoms with Crippen molar-refractivity contribution >= 4 is 69.9 Å². The summed E-state index contributed by atoms with van der Waals surface area (Å²) < 4.78 is 46.3. The molecule has 3 fully saturated rings. The lowest BCUT2D eigenvalue weighted by Gasteiger charge is -2.50. The van der Waals surface area contributed by atoms with Gasteiger partial charge in [-0.15, -0.1) is 0 Å². The average molecular weight is 826 g/mol. The van der Waals surface area contributed by atoms with Crippen LogP contribution in [-0.2, 0) is 30.8 Å². The Bertz CT molecular complexity index is 2390. The Kier molecular flexibility index (Phi) is 9.13. The first-order valence-corrected chi connectivity index (χ1v) is 18.6. The first kappa shape index (κ1) is 37.8. The molecular weight excluding hydrogens is 796 g/mol. The zero-order chi connectivity index (χ0) is 40.0. The van der Waals surface area contributed by atoms with E-state index in [4.69, 9.17) is 39.5 Å². The number of fused-ring (bicyclic) bond motifs is 4. The van der Waals surface area contributed by atoms with Crippen LogP contribution in [0, 0.1) is 30.6 Å². The summed E-state index contributed by atoms with van der Waals surface area (Å²) >= 11 is 19.0. The van der Waals surface area contributed by atoms with Gasteiger partial charge in [0.25, 0.3) is 11.8 Å². The van der Waals surface area contributed by atoms with Gasteiger partial charge in [-0.25, -0.2) is 9.88 Å². The van der Waals surface area contributed by atoms with Crippen molar-refractivity contribution in [3.63, 3.8) is 0 Å². The van der Waals surface area contributed by atoms with E-state index in [0.717, 1.165) is 10.5 Å². The van der Waals surface area contributed by atoms with E-state index in [1.807, 2.05) is 6.08 Å². The third-order valence-electron chi connectivity index (χ3n) is 11.5. The molecule has 6 atom stereocenters. The lowest BCUT2D eigenvalue weighted by molar-refractivity contribution is -0.139. The van der Waals surface area contributed by atoms with Gasteiger partial charge in [0.2, 0.25) is 11.8 Å². The summed E-state index contributed by atoms with van der Waals surface area (Å²) in [7, 11) is 1.38. The van der Waals surface area contributed by atoms with Gasteiger partial charge in [0, 0.05) is 33.8 Å². The van der Waals surface area contributed by atoms with Crippen molar-refractivity contribution in [3.05, 3.63) is 122 Å². The van der Waals surface area contributed by atoms with Gasteiger partial charge in [-0.3, -0.25) is 24.6 Å². The van der Waals surface area contributed by atoms with Gasteiger partial charge in [0.1, 0.15) is 11.5 Å². The number of hydrogen-bond donors (Lipinski definition) is 2. The molecule has 3 aromatic carbocycles. The predicted molar refractivity (Wildman–Crippen MR) is 200 cm³/mol. The van der Waals surface area contributed by atoms with E-state index in [9.17, 15) is 32.7 Å². The number of aromatic hydroxyl groups is 1. The monoisotopic (exact) mass is 824 g/mol. The largest absolute Gasteiger partial charge is 0.508 e. The quantitative estimate of drug-likeness (QED) is 0.147. The van der Waals surface area contributed by atoms with Crippen molar-refractivity contribution in [1.82, 2.24) is 9.99 Å². The molecule has 0 unspecified atom stereocenters. The second-order valence-electron chi connectivity index (χ2n) is 14.3. The van der Waals surface area contributed by atoms with Gasteiger partial charge >= 0.3 is 6.18 Å². The van der Waals surface area contributed by atoms with Crippen LogP contribution in [0.4, 0.5) is 24.7 Å². The summed E-state index contributed by atoms with van der Waals surface area (Å²) in [6.45, 7) is 1.79. The topological polar surface area (TPSA) is 129 Å². The zero-order valence-electron chi connectivity index (χ0n) is 29.4. The van der Waals surface area contributed by atoms with Gasteiger partial charge in [0.15, 0.2) is 5.82 Å². The molecule has 0 bridgehead atoms. The maximum Gasteiger partial charge on any atom is 0.417 e. The van der Waals surface area contributed by atoms with Crippen molar-refractivity contribution < 1.29 is 42.2 Å². The highest BCUT2D eigenvalue weighted by Crippen LogP contribution is 2.65. The number of alkyl halides is 3. The lowest BCUT2D eigenvalue weighted by atomic mass is 9.49. The third-order valence-corrected chi connectivity index (χ3v) is 12.4. The smallest absolute Gasteiger partial charge is 0.417 e. The molecule has 4 amide bonds. The van der Waals surface area contributed by atoms with Gasteiger partial charge < -0.3 is 9.84 Å². The number of hydrogen-bond acceptors (Lipinski definition) is 8. The van der Waals surface area contributed by atoms with Crippen LogP contribution < -0.4 is 15.1 Å². The van der Waals surface area contributed by atoms with Crippen molar-refractivity contribution in [2.75, 3.05) is 17.4 Å². The molecule has 0 spiro atoms. The number of allylic oxidation sites excluding steroid dienone is 2. The summed E-state index contributed by atoms with van der Waals surface area (Å²) in [4.78, 5) is 63.8. The van der Waals surface area contributed by atoms with Crippen molar-refractivity contribution in [2.24, 2.45) is 23.7 Å². The number of benzene rings is 3. The average Bonchev–Trinajstić information content (AvgIpc) is 3.54. The number of aryl methyl sites for hydroxylation is 1. The molecule has 2 N–H and O–H groups in total. The number of hydrazine groups is 1. The van der Waals surface area contributed by atoms with E-state index in [1.54, 1.807) is 55.5 Å². The Hall–Kier alpha value is -5.11. The Labute approximate surface area is 332 Å². The molecule has 1 saturated carbocycles. The van der Waals surface area contributed by atoms with Crippen molar-refractivity contribution in [1.29, 1.82) is 0 Å². The third kappa shape index (κ3) is 5.65. The number of methoxy groups -OCH3 is 1. The van der Waals surface area contributed by atoms with Gasteiger partial charge in [-0.05, 0) is 73.2 Å². The summed E-state index contributed by atoms with van der Waals surface area (Å²) in [5.74, 6) is -7.59. The number of aromatic nitrogens is 1. The van der Waals surface area contributed by atoms with E-state index >= 15 is 4.79 Å². The Morgan fingerprint density at radius 2 is 1.64 bits per heavy atom. The number of imide groups is 2. The van der Waals surface area contributed by atoms with Crippen LogP contribution in [0.5, 0.6) is 11.5 Å². The molecule has 0 radical (unpaired) electrons. The number of ether oxygens (including phenoxy) is 1. The van der Waals surface area contributed by atoms with E-state index in [0.29, 0.717) is 49.7 Å². The SMILES string of the molecule is COc1cc(O)ccc1[C@H]1C2=CC[C@@H]3C(=O)N(c4ccc(C)c(Cl)c4)C(=O)[C@@H]3[C@@H]2C[C@H]2C(=O)N(Nc3ncc(C(F)(F)F)cc3Cl)C(=O)[C@@]12c1ccc(Cl)cc1. The molecule has 2 saturated heterocycles. The molecule has 1 aromatic heterocycles. The highest BCUT2D eigenvalue weighted by atomic mass is 35.5. The number of amides is 4. The number of nitrogens with one attached hydrogen (secondary N) is 1. The molecule has 16 heteroatoms. The van der Waals surface area contributed by atoms with Crippen LogP contribution in [0.2, 0.25) is 15.1 Å². The Morgan fingerprint density at radius 3 is 2.30 bits per heavy atom. The Morgan fingerprint density at radius 1 is 0.911 bits per heavy atom. The van der Waals surface area contributed by atoms with Crippen LogP contribution in [-0.4, -0.2) is 45.8 Å². The summed E-state index contributed by atoms with van der Waals surface area (Å²) in [6, 6.07) is 16.3. The number of carbonyl (C=O) groups excluding carboxylic acids is 4. The standard InChI is InChI=1S/C40H30Cl3F3N4O6/c1-18-3-8-22(14-29(18)42)49-35(52)26-12-11-24-27(32(26)37(49)54)16-28-36(53)50(48-34-30(43)13-20(17-47-34)40(44,45)46)38(55)39(28,19-4-6-21(41)7-5-19)33(24)25-10-9-23(51)15-31(25)56-2/h3-11,13-15,17,26-28,32-33,51H,12,16H2,1-2H3,(H,47,48)/t26-,27+,28-,32-,33+,39+/m0/s1. The molecule has 56 heavy (non-hydrogen) atoms. The van der Waals surface area contributed by atoms with E-state index < -0.39 is 75.4 Å². The van der Waals surface area contributed by atoms with Crippen LogP contribution in [0.25, 0.3) is 0 Å². The van der Waals surface area contributed by atoms with Crippen molar-refractivity contribution in [2.45, 2.75) is 37.3 Å². The van der Waals surface area contributed by atoms with E-state index in [1.165, 1.54) is 19.2 Å². The number of phenols is 1. The van der Waals surface area contributed by atoms with Gasteiger partial charge in [-0.2, -0.15) is 18.2 Å². The van der Waals surface area contributed by atoms with Crippen LogP contribution in [0.3, 0.4) is 0 Å². The fourth-order valence-electron chi connectivity index (χ4n) is 9.04. The van der Waals surface area contributed by atoms with Gasteiger partial charge in [-0.1, -0.05) is 70.7 Å². The first-order valence-electron chi connectivity index (χ1n) is 17.4. The number of rotatable bonds is 6. The second-order valence-corrected chi connectivity index (χ2v) is 15.5. The van der Waals surface area contributed by atoms with Crippen LogP contribution in [0.1, 0.15) is 41.0 Å². The number of pyridine rings is 1. The number of phenolic OH excluding ortho intramolecular Hbond substituents is 1. The fraction of sp³-hybridized carbons (Fsp3) is 0.275. The molecule has 2 aliphatic carbocycles. The summed E-state index contributed by atoms with van der Waals surface area (Å²) in [5, 5.41) is 11.4. The fourth-order valence-corrected chi connectivity index (χ4v) is 9.55. The predicted octanol–water partition coefficient (Wildman–Crippen LogP) is 8.27. The minimum absolute atomic E-state index is 0.0784. The highest BCUT2D eigenvalue weighted by molar-refractivity contribution is 6.33. The normalized spacial score (nSPS) is 25.9. The number of anilines is 2. The molecule has 4 aromatic rings. The lowest BCUT2D eigenvalue weighted by Crippen LogP contribution is -2.53. The van der Waals surface area contributed by atoms with E-state index in [-0.39, 0.29) is 30.2 Å². The molecule has 10 nitrogen and oxygen atoms in total. The Balaban J connectivity index is 1.32. The number of halogens is 6. The molecule has 8 rings (SSSR count). The maximum absolute atomic E-state index is 15.4. The maximum atomic E-state index is 15.4. The summed E-state index contributed by atoms with van der Waals surface area (Å²) in [5.41, 5.74) is 2.10. The zero-order valence-corrected chi connectivity index (χ0v) is 31.7. The van der Waals surface area contributed by atoms with Gasteiger partial charge in [0.05, 0.1) is 46.6 Å². The van der Waals surface area contributed by atoms with Crippen LogP contribution in [0.15, 0.2) is 84.6 Å². The minimum atomic E-state index is -4.76. The number of nitrogens with zero attached hydrogens (tertiary/aromatic N) is 3.